The van der Waals surface area contributed by atoms with Crippen LogP contribution >= 0.6 is 11.6 Å². The van der Waals surface area contributed by atoms with Crippen LogP contribution in [0.1, 0.15) is 51.9 Å². The van der Waals surface area contributed by atoms with E-state index < -0.39 is 0 Å². The van der Waals surface area contributed by atoms with Crippen molar-refractivity contribution in [3.63, 3.8) is 0 Å². The number of aliphatic hydroxyl groups excluding tert-OH is 1. The number of carbonyl (C=O) groups is 1. The maximum atomic E-state index is 11.9. The van der Waals surface area contributed by atoms with Crippen molar-refractivity contribution in [2.45, 2.75) is 58.0 Å². The standard InChI is InChI=1S/C20H27ClO2/c1-20-8-6-16-15-3-2-14(22)11-13(15)10-12(7-9-21)19(16)17(20)4-5-18(20)23/h7,9,11-12,15-19,23H,2-6,8,10H2,1H3/b9-7+/t12?,15-,16+,17-,18?,19+,20-/m0/s1. The number of halogens is 1. The number of allylic oxidation sites excluding steroid dienone is 2. The number of fused-ring (bicyclic) bond motifs is 5. The summed E-state index contributed by atoms with van der Waals surface area (Å²) in [5.41, 5.74) is 3.14. The Morgan fingerprint density at radius 3 is 2.91 bits per heavy atom. The number of rotatable bonds is 1. The molecule has 4 rings (SSSR count). The zero-order valence-electron chi connectivity index (χ0n) is 13.9. The topological polar surface area (TPSA) is 37.3 Å². The largest absolute Gasteiger partial charge is 0.393 e. The Hall–Kier alpha value is -0.600. The van der Waals surface area contributed by atoms with Crippen LogP contribution in [0.15, 0.2) is 23.3 Å². The maximum absolute atomic E-state index is 11.9. The first-order chi connectivity index (χ1) is 11.0. The molecule has 0 aromatic heterocycles. The predicted octanol–water partition coefficient (Wildman–Crippen LogP) is 4.47. The van der Waals surface area contributed by atoms with Crippen molar-refractivity contribution in [2.24, 2.45) is 35.0 Å². The highest BCUT2D eigenvalue weighted by Crippen LogP contribution is 2.63. The number of ketones is 1. The molecule has 3 saturated carbocycles. The molecule has 23 heavy (non-hydrogen) atoms. The van der Waals surface area contributed by atoms with E-state index in [1.807, 2.05) is 6.08 Å². The van der Waals surface area contributed by atoms with Gasteiger partial charge in [0.1, 0.15) is 0 Å². The zero-order valence-corrected chi connectivity index (χ0v) is 14.6. The van der Waals surface area contributed by atoms with E-state index in [0.717, 1.165) is 38.5 Å². The fraction of sp³-hybridized carbons (Fsp3) is 0.750. The van der Waals surface area contributed by atoms with Crippen LogP contribution in [0.25, 0.3) is 0 Å². The lowest BCUT2D eigenvalue weighted by atomic mass is 9.49. The van der Waals surface area contributed by atoms with Gasteiger partial charge in [-0.1, -0.05) is 30.2 Å². The molecule has 3 heteroatoms. The van der Waals surface area contributed by atoms with Crippen molar-refractivity contribution in [3.8, 4) is 0 Å². The van der Waals surface area contributed by atoms with Crippen LogP contribution in [0.3, 0.4) is 0 Å². The van der Waals surface area contributed by atoms with E-state index in [0.29, 0.717) is 35.4 Å². The van der Waals surface area contributed by atoms with Crippen LogP contribution < -0.4 is 0 Å². The fourth-order valence-corrected chi connectivity index (χ4v) is 6.74. The summed E-state index contributed by atoms with van der Waals surface area (Å²) in [5.74, 6) is 3.23. The van der Waals surface area contributed by atoms with E-state index in [-0.39, 0.29) is 11.5 Å². The Labute approximate surface area is 144 Å². The summed E-state index contributed by atoms with van der Waals surface area (Å²) in [7, 11) is 0. The molecule has 2 nitrogen and oxygen atoms in total. The predicted molar refractivity (Wildman–Crippen MR) is 92.0 cm³/mol. The highest BCUT2D eigenvalue weighted by Gasteiger charge is 2.57. The van der Waals surface area contributed by atoms with E-state index in [9.17, 15) is 9.90 Å². The van der Waals surface area contributed by atoms with Gasteiger partial charge in [-0.05, 0) is 79.6 Å². The molecule has 3 fully saturated rings. The average Bonchev–Trinajstić information content (AvgIpc) is 2.83. The molecule has 0 aromatic carbocycles. The monoisotopic (exact) mass is 334 g/mol. The third-order valence-electron chi connectivity index (χ3n) is 7.66. The van der Waals surface area contributed by atoms with Gasteiger partial charge in [0.2, 0.25) is 0 Å². The summed E-state index contributed by atoms with van der Waals surface area (Å²) in [6.07, 6.45) is 11.1. The smallest absolute Gasteiger partial charge is 0.155 e. The van der Waals surface area contributed by atoms with E-state index >= 15 is 0 Å². The SMILES string of the molecule is C[C@]12CC[C@H]3[C@@H](C(/C=C/Cl)CC4=CC(=O)CC[C@@H]43)[C@@H]1CCC2O. The number of hydrogen-bond acceptors (Lipinski definition) is 2. The third-order valence-corrected chi connectivity index (χ3v) is 7.81. The first-order valence-electron chi connectivity index (χ1n) is 9.23. The van der Waals surface area contributed by atoms with Crippen molar-refractivity contribution in [3.05, 3.63) is 23.3 Å². The Morgan fingerprint density at radius 1 is 1.30 bits per heavy atom. The average molecular weight is 335 g/mol. The minimum absolute atomic E-state index is 0.0886. The second kappa shape index (κ2) is 5.74. The van der Waals surface area contributed by atoms with Crippen LogP contribution in [0.2, 0.25) is 0 Å². The minimum Gasteiger partial charge on any atom is -0.393 e. The van der Waals surface area contributed by atoms with Gasteiger partial charge in [0.15, 0.2) is 5.78 Å². The maximum Gasteiger partial charge on any atom is 0.155 e. The quantitative estimate of drug-likeness (QED) is 0.768. The van der Waals surface area contributed by atoms with Crippen molar-refractivity contribution in [2.75, 3.05) is 0 Å². The highest BCUT2D eigenvalue weighted by molar-refractivity contribution is 6.25. The molecule has 0 radical (unpaired) electrons. The minimum atomic E-state index is -0.140. The second-order valence-corrected chi connectivity index (χ2v) is 8.75. The molecule has 0 bridgehead atoms. The highest BCUT2D eigenvalue weighted by atomic mass is 35.5. The molecule has 1 N–H and O–H groups in total. The molecule has 0 saturated heterocycles. The molecule has 0 amide bonds. The molecular formula is C20H27ClO2. The first kappa shape index (κ1) is 15.9. The lowest BCUT2D eigenvalue weighted by Crippen LogP contribution is -2.50. The summed E-state index contributed by atoms with van der Waals surface area (Å²) < 4.78 is 0. The second-order valence-electron chi connectivity index (χ2n) is 8.50. The summed E-state index contributed by atoms with van der Waals surface area (Å²) in [5, 5.41) is 10.6. The van der Waals surface area contributed by atoms with Crippen LogP contribution in [-0.2, 0) is 4.79 Å². The van der Waals surface area contributed by atoms with Crippen molar-refractivity contribution in [1.29, 1.82) is 0 Å². The Kier molecular flexibility index (Phi) is 3.97. The van der Waals surface area contributed by atoms with E-state index in [1.54, 1.807) is 5.54 Å². The summed E-state index contributed by atoms with van der Waals surface area (Å²) in [4.78, 5) is 11.9. The molecule has 4 aliphatic rings. The van der Waals surface area contributed by atoms with Gasteiger partial charge >= 0.3 is 0 Å². The van der Waals surface area contributed by atoms with Crippen molar-refractivity contribution < 1.29 is 9.90 Å². The van der Waals surface area contributed by atoms with Gasteiger partial charge in [-0.2, -0.15) is 0 Å². The first-order valence-corrected chi connectivity index (χ1v) is 9.66. The third kappa shape index (κ3) is 2.36. The van der Waals surface area contributed by atoms with Crippen LogP contribution in [0.5, 0.6) is 0 Å². The van der Waals surface area contributed by atoms with Gasteiger partial charge in [-0.3, -0.25) is 4.79 Å². The Morgan fingerprint density at radius 2 is 2.13 bits per heavy atom. The van der Waals surface area contributed by atoms with Gasteiger partial charge in [-0.25, -0.2) is 0 Å². The normalized spacial score (nSPS) is 49.5. The lowest BCUT2D eigenvalue weighted by molar-refractivity contribution is -0.116. The zero-order chi connectivity index (χ0) is 16.2. The molecule has 7 atom stereocenters. The molecule has 0 aliphatic heterocycles. The van der Waals surface area contributed by atoms with Gasteiger partial charge in [-0.15, -0.1) is 0 Å². The summed E-state index contributed by atoms with van der Waals surface area (Å²) in [6, 6.07) is 0. The summed E-state index contributed by atoms with van der Waals surface area (Å²) in [6.45, 7) is 2.31. The molecule has 0 heterocycles. The number of hydrogen-bond donors (Lipinski definition) is 1. The Balaban J connectivity index is 1.72. The van der Waals surface area contributed by atoms with Gasteiger partial charge in [0, 0.05) is 12.0 Å². The molecule has 2 unspecified atom stereocenters. The van der Waals surface area contributed by atoms with Crippen LogP contribution in [0.4, 0.5) is 0 Å². The molecule has 126 valence electrons. The molecule has 0 spiro atoms. The van der Waals surface area contributed by atoms with E-state index in [4.69, 9.17) is 11.6 Å². The Bertz CT molecular complexity index is 566. The molecule has 4 aliphatic carbocycles. The van der Waals surface area contributed by atoms with Gasteiger partial charge in [0.25, 0.3) is 0 Å². The molecular weight excluding hydrogens is 308 g/mol. The molecule has 0 aromatic rings. The van der Waals surface area contributed by atoms with Crippen LogP contribution in [0, 0.1) is 35.0 Å². The van der Waals surface area contributed by atoms with E-state index in [1.165, 1.54) is 12.0 Å². The number of carbonyl (C=O) groups excluding carboxylic acids is 1. The summed E-state index contributed by atoms with van der Waals surface area (Å²) >= 11 is 5.96. The van der Waals surface area contributed by atoms with Crippen LogP contribution in [-0.4, -0.2) is 17.0 Å². The van der Waals surface area contributed by atoms with E-state index in [2.05, 4.69) is 13.0 Å². The number of aliphatic hydroxyl groups is 1. The van der Waals surface area contributed by atoms with Crippen molar-refractivity contribution in [1.82, 2.24) is 0 Å². The fourth-order valence-electron chi connectivity index (χ4n) is 6.55. The van der Waals surface area contributed by atoms with Crippen molar-refractivity contribution >= 4 is 17.4 Å². The van der Waals surface area contributed by atoms with Gasteiger partial charge < -0.3 is 5.11 Å². The van der Waals surface area contributed by atoms with Gasteiger partial charge in [0.05, 0.1) is 6.10 Å². The lowest BCUT2D eigenvalue weighted by Gasteiger charge is -2.55.